The van der Waals surface area contributed by atoms with Gasteiger partial charge in [0.05, 0.1) is 18.7 Å². The van der Waals surface area contributed by atoms with Gasteiger partial charge >= 0.3 is 5.97 Å². The van der Waals surface area contributed by atoms with E-state index in [2.05, 4.69) is 10.1 Å². The Balaban J connectivity index is 1.86. The van der Waals surface area contributed by atoms with Gasteiger partial charge in [0.1, 0.15) is 0 Å². The van der Waals surface area contributed by atoms with Gasteiger partial charge in [-0.05, 0) is 36.6 Å². The van der Waals surface area contributed by atoms with Crippen LogP contribution in [0.5, 0.6) is 0 Å². The number of ether oxygens (including phenoxy) is 1. The van der Waals surface area contributed by atoms with Crippen molar-refractivity contribution in [3.8, 4) is 0 Å². The van der Waals surface area contributed by atoms with Crippen LogP contribution in [-0.2, 0) is 9.53 Å². The molecule has 3 N–H and O–H groups in total. The number of carbonyl (C=O) groups excluding carboxylic acids is 2. The number of benzene rings is 1. The molecule has 1 amide bonds. The molecule has 0 heterocycles. The second-order valence-electron chi connectivity index (χ2n) is 5.90. The lowest BCUT2D eigenvalue weighted by atomic mass is 9.85. The molecule has 0 aromatic heterocycles. The molecule has 1 fully saturated rings. The van der Waals surface area contributed by atoms with E-state index >= 15 is 0 Å². The molecule has 0 bridgehead atoms. The molecule has 1 aromatic carbocycles. The maximum atomic E-state index is 12.1. The molecule has 120 valence electrons. The Morgan fingerprint density at radius 3 is 2.45 bits per heavy atom. The maximum Gasteiger partial charge on any atom is 0.337 e. The third-order valence-electron chi connectivity index (χ3n) is 4.22. The first-order valence-electron chi connectivity index (χ1n) is 7.85. The summed E-state index contributed by atoms with van der Waals surface area (Å²) in [5.74, 6) is -0.000492. The molecule has 0 radical (unpaired) electrons. The van der Waals surface area contributed by atoms with Crippen LogP contribution < -0.4 is 11.1 Å². The van der Waals surface area contributed by atoms with Gasteiger partial charge in [0.2, 0.25) is 5.91 Å². The predicted octanol–water partition coefficient (Wildman–Crippen LogP) is 2.71. The Labute approximate surface area is 131 Å². The minimum atomic E-state index is -0.483. The lowest BCUT2D eigenvalue weighted by Gasteiger charge is -2.24. The molecule has 0 spiro atoms. The largest absolute Gasteiger partial charge is 0.465 e. The van der Waals surface area contributed by atoms with Crippen LogP contribution in [0.2, 0.25) is 0 Å². The highest BCUT2D eigenvalue weighted by atomic mass is 16.5. The fourth-order valence-electron chi connectivity index (χ4n) is 2.93. The Kier molecular flexibility index (Phi) is 5.95. The molecule has 0 aliphatic heterocycles. The molecule has 0 saturated heterocycles. The van der Waals surface area contributed by atoms with Gasteiger partial charge in [0.25, 0.3) is 0 Å². The normalized spacial score (nSPS) is 16.8. The van der Waals surface area contributed by atoms with E-state index in [4.69, 9.17) is 5.73 Å². The summed E-state index contributed by atoms with van der Waals surface area (Å²) in [6, 6.07) is 6.11. The average Bonchev–Trinajstić information content (AvgIpc) is 2.55. The standard InChI is InChI=1S/C17H24N2O3/c1-22-17(21)13-7-9-14(10-8-13)19-16(20)15(18)11-12-5-3-2-4-6-12/h7-10,12,15H,2-6,11,18H2,1H3,(H,19,20). The summed E-state index contributed by atoms with van der Waals surface area (Å²) in [5, 5.41) is 2.80. The number of esters is 1. The lowest BCUT2D eigenvalue weighted by molar-refractivity contribution is -0.117. The van der Waals surface area contributed by atoms with Gasteiger partial charge in [0, 0.05) is 5.69 Å². The van der Waals surface area contributed by atoms with E-state index in [1.54, 1.807) is 24.3 Å². The Hall–Kier alpha value is -1.88. The molecule has 1 atom stereocenters. The van der Waals surface area contributed by atoms with Crippen LogP contribution in [-0.4, -0.2) is 25.0 Å². The van der Waals surface area contributed by atoms with Crippen molar-refractivity contribution in [2.24, 2.45) is 11.7 Å². The van der Waals surface area contributed by atoms with Crippen molar-refractivity contribution < 1.29 is 14.3 Å². The van der Waals surface area contributed by atoms with Crippen molar-refractivity contribution in [1.82, 2.24) is 0 Å². The zero-order chi connectivity index (χ0) is 15.9. The number of hydrogen-bond donors (Lipinski definition) is 2. The van der Waals surface area contributed by atoms with Gasteiger partial charge in [-0.15, -0.1) is 0 Å². The minimum Gasteiger partial charge on any atom is -0.465 e. The first-order chi connectivity index (χ1) is 10.6. The smallest absolute Gasteiger partial charge is 0.337 e. The first-order valence-corrected chi connectivity index (χ1v) is 7.85. The fraction of sp³-hybridized carbons (Fsp3) is 0.529. The van der Waals surface area contributed by atoms with E-state index in [-0.39, 0.29) is 5.91 Å². The Bertz CT molecular complexity index is 507. The van der Waals surface area contributed by atoms with E-state index in [1.165, 1.54) is 39.2 Å². The van der Waals surface area contributed by atoms with Gasteiger partial charge in [-0.2, -0.15) is 0 Å². The van der Waals surface area contributed by atoms with E-state index < -0.39 is 12.0 Å². The van der Waals surface area contributed by atoms with Crippen LogP contribution in [0.25, 0.3) is 0 Å². The van der Waals surface area contributed by atoms with Crippen molar-refractivity contribution in [2.75, 3.05) is 12.4 Å². The molecule has 1 aliphatic rings. The van der Waals surface area contributed by atoms with Crippen LogP contribution in [0, 0.1) is 5.92 Å². The molecule has 1 aromatic rings. The summed E-state index contributed by atoms with van der Waals surface area (Å²) in [6.45, 7) is 0. The second kappa shape index (κ2) is 7.94. The number of amides is 1. The van der Waals surface area contributed by atoms with Crippen molar-refractivity contribution in [2.45, 2.75) is 44.6 Å². The molecule has 5 nitrogen and oxygen atoms in total. The number of hydrogen-bond acceptors (Lipinski definition) is 4. The molecule has 2 rings (SSSR count). The van der Waals surface area contributed by atoms with E-state index in [1.807, 2.05) is 0 Å². The van der Waals surface area contributed by atoms with Crippen LogP contribution in [0.1, 0.15) is 48.9 Å². The lowest BCUT2D eigenvalue weighted by Crippen LogP contribution is -2.37. The highest BCUT2D eigenvalue weighted by molar-refractivity contribution is 5.95. The van der Waals surface area contributed by atoms with Gasteiger partial charge < -0.3 is 15.8 Å². The monoisotopic (exact) mass is 304 g/mol. The van der Waals surface area contributed by atoms with Crippen LogP contribution in [0.3, 0.4) is 0 Å². The fourth-order valence-corrected chi connectivity index (χ4v) is 2.93. The molecule has 1 saturated carbocycles. The molecular weight excluding hydrogens is 280 g/mol. The second-order valence-corrected chi connectivity index (χ2v) is 5.90. The minimum absolute atomic E-state index is 0.170. The SMILES string of the molecule is COC(=O)c1ccc(NC(=O)C(N)CC2CCCCC2)cc1. The quantitative estimate of drug-likeness (QED) is 0.819. The predicted molar refractivity (Wildman–Crippen MR) is 85.6 cm³/mol. The van der Waals surface area contributed by atoms with Crippen molar-refractivity contribution in [1.29, 1.82) is 0 Å². The maximum absolute atomic E-state index is 12.1. The number of carbonyl (C=O) groups is 2. The summed E-state index contributed by atoms with van der Waals surface area (Å²) in [4.78, 5) is 23.5. The third-order valence-corrected chi connectivity index (χ3v) is 4.22. The van der Waals surface area contributed by atoms with Crippen LogP contribution in [0.4, 0.5) is 5.69 Å². The number of nitrogens with one attached hydrogen (secondary N) is 1. The van der Waals surface area contributed by atoms with Gasteiger partial charge in [-0.1, -0.05) is 32.1 Å². The van der Waals surface area contributed by atoms with E-state index in [9.17, 15) is 9.59 Å². The number of rotatable bonds is 5. The Morgan fingerprint density at radius 2 is 1.86 bits per heavy atom. The molecule has 1 unspecified atom stereocenters. The van der Waals surface area contributed by atoms with Gasteiger partial charge in [-0.25, -0.2) is 4.79 Å². The number of nitrogens with two attached hydrogens (primary N) is 1. The Morgan fingerprint density at radius 1 is 1.23 bits per heavy atom. The zero-order valence-corrected chi connectivity index (χ0v) is 13.0. The van der Waals surface area contributed by atoms with Gasteiger partial charge in [0.15, 0.2) is 0 Å². The van der Waals surface area contributed by atoms with Crippen molar-refractivity contribution in [3.63, 3.8) is 0 Å². The molecule has 22 heavy (non-hydrogen) atoms. The van der Waals surface area contributed by atoms with Crippen LogP contribution >= 0.6 is 0 Å². The molecule has 5 heteroatoms. The first kappa shape index (κ1) is 16.5. The van der Waals surface area contributed by atoms with Crippen molar-refractivity contribution in [3.05, 3.63) is 29.8 Å². The molecule has 1 aliphatic carbocycles. The highest BCUT2D eigenvalue weighted by Gasteiger charge is 2.21. The summed E-state index contributed by atoms with van der Waals surface area (Å²) in [7, 11) is 1.34. The summed E-state index contributed by atoms with van der Waals surface area (Å²) in [5.41, 5.74) is 7.10. The topological polar surface area (TPSA) is 81.4 Å². The summed E-state index contributed by atoms with van der Waals surface area (Å²) in [6.07, 6.45) is 6.88. The van der Waals surface area contributed by atoms with E-state index in [0.29, 0.717) is 17.2 Å². The van der Waals surface area contributed by atoms with E-state index in [0.717, 1.165) is 6.42 Å². The number of anilines is 1. The summed E-state index contributed by atoms with van der Waals surface area (Å²) < 4.78 is 4.63. The molecular formula is C17H24N2O3. The zero-order valence-electron chi connectivity index (χ0n) is 13.0. The number of methoxy groups -OCH3 is 1. The van der Waals surface area contributed by atoms with Crippen LogP contribution in [0.15, 0.2) is 24.3 Å². The average molecular weight is 304 g/mol. The highest BCUT2D eigenvalue weighted by Crippen LogP contribution is 2.27. The third kappa shape index (κ3) is 4.56. The van der Waals surface area contributed by atoms with Gasteiger partial charge in [-0.3, -0.25) is 4.79 Å². The summed E-state index contributed by atoms with van der Waals surface area (Å²) >= 11 is 0. The van der Waals surface area contributed by atoms with Crippen molar-refractivity contribution >= 4 is 17.6 Å².